The van der Waals surface area contributed by atoms with Crippen LogP contribution in [0.2, 0.25) is 0 Å². The van der Waals surface area contributed by atoms with E-state index in [1.165, 1.54) is 66.8 Å². The molecule has 10 rings (SSSR count). The second kappa shape index (κ2) is 12.8. The summed E-state index contributed by atoms with van der Waals surface area (Å²) in [6.07, 6.45) is 0. The lowest BCUT2D eigenvalue weighted by Gasteiger charge is -2.48. The summed E-state index contributed by atoms with van der Waals surface area (Å²) >= 11 is 0. The molecule has 0 N–H and O–H groups in total. The summed E-state index contributed by atoms with van der Waals surface area (Å²) in [7, 11) is 0. The van der Waals surface area contributed by atoms with Gasteiger partial charge in [-0.1, -0.05) is 191 Å². The standard InChI is InChI=1S/C55H45N/c1-53(2)49-24-14-11-21-45(49)48-36-35-44(37-52(48)54(53,3)4)56(42-31-27-39(28-32-42)38-17-7-5-8-18-38)43-33-29-41(30-34-43)55(40-19-9-6-10-20-40)50-25-15-12-22-46(50)47-23-13-16-26-51(47)55/h5-37H,1-4H3. The first-order valence-corrected chi connectivity index (χ1v) is 19.9. The van der Waals surface area contributed by atoms with Crippen molar-refractivity contribution in [2.45, 2.75) is 43.9 Å². The Kier molecular flexibility index (Phi) is 7.80. The van der Waals surface area contributed by atoms with Gasteiger partial charge in [0.15, 0.2) is 0 Å². The minimum atomic E-state index is -0.441. The Morgan fingerprint density at radius 2 is 0.696 bits per heavy atom. The average Bonchev–Trinajstić information content (AvgIpc) is 3.55. The van der Waals surface area contributed by atoms with Crippen LogP contribution in [-0.2, 0) is 16.2 Å². The van der Waals surface area contributed by atoms with Gasteiger partial charge in [-0.2, -0.15) is 0 Å². The van der Waals surface area contributed by atoms with Crippen LogP contribution in [0.5, 0.6) is 0 Å². The highest BCUT2D eigenvalue weighted by molar-refractivity contribution is 5.88. The highest BCUT2D eigenvalue weighted by Gasteiger charge is 2.47. The lowest BCUT2D eigenvalue weighted by molar-refractivity contribution is 0.299. The van der Waals surface area contributed by atoms with E-state index in [-0.39, 0.29) is 10.8 Å². The summed E-state index contributed by atoms with van der Waals surface area (Å²) in [5.41, 5.74) is 18.5. The topological polar surface area (TPSA) is 3.24 Å². The quantitative estimate of drug-likeness (QED) is 0.165. The Morgan fingerprint density at radius 1 is 0.304 bits per heavy atom. The fourth-order valence-electron chi connectivity index (χ4n) is 9.81. The highest BCUT2D eigenvalue weighted by atomic mass is 15.1. The van der Waals surface area contributed by atoms with E-state index in [0.717, 1.165) is 17.1 Å². The lowest BCUT2D eigenvalue weighted by atomic mass is 9.55. The minimum Gasteiger partial charge on any atom is -0.310 e. The molecular formula is C55H45N. The Morgan fingerprint density at radius 3 is 1.29 bits per heavy atom. The van der Waals surface area contributed by atoms with Crippen LogP contribution < -0.4 is 4.90 Å². The second-order valence-corrected chi connectivity index (χ2v) is 16.5. The van der Waals surface area contributed by atoms with Crippen molar-refractivity contribution < 1.29 is 0 Å². The summed E-state index contributed by atoms with van der Waals surface area (Å²) in [6.45, 7) is 9.64. The Labute approximate surface area is 331 Å². The maximum absolute atomic E-state index is 2.46. The van der Waals surface area contributed by atoms with E-state index in [1.807, 2.05) is 0 Å². The van der Waals surface area contributed by atoms with Crippen LogP contribution in [0.15, 0.2) is 200 Å². The van der Waals surface area contributed by atoms with Gasteiger partial charge in [-0.15, -0.1) is 0 Å². The van der Waals surface area contributed by atoms with Crippen LogP contribution in [0.1, 0.15) is 61.1 Å². The number of anilines is 3. The monoisotopic (exact) mass is 719 g/mol. The molecule has 2 aliphatic carbocycles. The van der Waals surface area contributed by atoms with Gasteiger partial charge in [-0.3, -0.25) is 0 Å². The van der Waals surface area contributed by atoms with Crippen molar-refractivity contribution in [2.75, 3.05) is 4.90 Å². The zero-order valence-corrected chi connectivity index (χ0v) is 32.5. The number of rotatable bonds is 6. The third-order valence-corrected chi connectivity index (χ3v) is 13.3. The molecule has 0 atom stereocenters. The molecule has 1 heteroatoms. The molecule has 0 radical (unpaired) electrons. The number of benzene rings is 8. The maximum atomic E-state index is 2.46. The largest absolute Gasteiger partial charge is 0.310 e. The Bertz CT molecular complexity index is 2670. The molecule has 0 aromatic heterocycles. The first-order valence-electron chi connectivity index (χ1n) is 19.9. The van der Waals surface area contributed by atoms with Crippen LogP contribution in [0.25, 0.3) is 33.4 Å². The van der Waals surface area contributed by atoms with Crippen LogP contribution in [0, 0.1) is 0 Å². The van der Waals surface area contributed by atoms with Gasteiger partial charge in [-0.25, -0.2) is 0 Å². The predicted octanol–water partition coefficient (Wildman–Crippen LogP) is 14.4. The SMILES string of the molecule is CC1(C)c2ccccc2-c2ccc(N(c3ccc(-c4ccccc4)cc3)c3ccc(C4(c5ccccc5)c5ccccc5-c5ccccc54)cc3)cc2C1(C)C. The number of hydrogen-bond acceptors (Lipinski definition) is 1. The molecule has 0 aliphatic heterocycles. The van der Waals surface area contributed by atoms with Gasteiger partial charge in [-0.05, 0) is 114 Å². The fourth-order valence-corrected chi connectivity index (χ4v) is 9.81. The van der Waals surface area contributed by atoms with Crippen molar-refractivity contribution >= 4 is 17.1 Å². The molecule has 0 spiro atoms. The van der Waals surface area contributed by atoms with E-state index < -0.39 is 5.41 Å². The molecule has 56 heavy (non-hydrogen) atoms. The van der Waals surface area contributed by atoms with Crippen molar-refractivity contribution in [3.63, 3.8) is 0 Å². The zero-order chi connectivity index (χ0) is 38.1. The summed E-state index contributed by atoms with van der Waals surface area (Å²) in [5.74, 6) is 0. The van der Waals surface area contributed by atoms with Crippen molar-refractivity contribution in [3.05, 3.63) is 234 Å². The molecule has 8 aromatic carbocycles. The Hall–Kier alpha value is -6.44. The normalized spacial score (nSPS) is 15.2. The molecule has 0 saturated carbocycles. The summed E-state index contributed by atoms with van der Waals surface area (Å²) in [4.78, 5) is 2.44. The molecule has 0 unspecified atom stereocenters. The van der Waals surface area contributed by atoms with Crippen LogP contribution in [-0.4, -0.2) is 0 Å². The van der Waals surface area contributed by atoms with E-state index in [1.54, 1.807) is 0 Å². The smallest absolute Gasteiger partial charge is 0.0713 e. The average molecular weight is 720 g/mol. The summed E-state index contributed by atoms with van der Waals surface area (Å²) in [5, 5.41) is 0. The van der Waals surface area contributed by atoms with Gasteiger partial charge in [0.1, 0.15) is 0 Å². The highest BCUT2D eigenvalue weighted by Crippen LogP contribution is 2.57. The first-order chi connectivity index (χ1) is 27.3. The molecule has 8 aromatic rings. The van der Waals surface area contributed by atoms with Gasteiger partial charge in [0.25, 0.3) is 0 Å². The van der Waals surface area contributed by atoms with Gasteiger partial charge >= 0.3 is 0 Å². The third kappa shape index (κ3) is 4.93. The van der Waals surface area contributed by atoms with E-state index in [9.17, 15) is 0 Å². The third-order valence-electron chi connectivity index (χ3n) is 13.3. The number of fused-ring (bicyclic) bond motifs is 6. The number of hydrogen-bond donors (Lipinski definition) is 0. The molecule has 0 bridgehead atoms. The summed E-state index contributed by atoms with van der Waals surface area (Å²) < 4.78 is 0. The van der Waals surface area contributed by atoms with Gasteiger partial charge in [0.2, 0.25) is 0 Å². The molecule has 0 fully saturated rings. The van der Waals surface area contributed by atoms with E-state index in [4.69, 9.17) is 0 Å². The molecule has 270 valence electrons. The molecule has 0 amide bonds. The zero-order valence-electron chi connectivity index (χ0n) is 32.5. The Balaban J connectivity index is 1.16. The van der Waals surface area contributed by atoms with Gasteiger partial charge in [0.05, 0.1) is 5.41 Å². The van der Waals surface area contributed by atoms with E-state index >= 15 is 0 Å². The minimum absolute atomic E-state index is 0.0569. The van der Waals surface area contributed by atoms with Gasteiger partial charge < -0.3 is 4.90 Å². The van der Waals surface area contributed by atoms with Crippen LogP contribution >= 0.6 is 0 Å². The predicted molar refractivity (Wildman–Crippen MR) is 235 cm³/mol. The molecule has 0 saturated heterocycles. The maximum Gasteiger partial charge on any atom is 0.0713 e. The van der Waals surface area contributed by atoms with Crippen molar-refractivity contribution in [2.24, 2.45) is 0 Å². The van der Waals surface area contributed by atoms with Crippen LogP contribution in [0.4, 0.5) is 17.1 Å². The number of nitrogens with zero attached hydrogens (tertiary/aromatic N) is 1. The molecule has 0 heterocycles. The molecular weight excluding hydrogens is 675 g/mol. The first kappa shape index (κ1) is 34.1. The molecule has 1 nitrogen and oxygen atoms in total. The fraction of sp³-hybridized carbons (Fsp3) is 0.127. The van der Waals surface area contributed by atoms with Crippen molar-refractivity contribution in [3.8, 4) is 33.4 Å². The second-order valence-electron chi connectivity index (χ2n) is 16.5. The molecule has 2 aliphatic rings. The van der Waals surface area contributed by atoms with Crippen molar-refractivity contribution in [1.29, 1.82) is 0 Å². The summed E-state index contributed by atoms with van der Waals surface area (Å²) in [6, 6.07) is 74.2. The van der Waals surface area contributed by atoms with E-state index in [2.05, 4.69) is 233 Å². The van der Waals surface area contributed by atoms with E-state index in [0.29, 0.717) is 0 Å². The lowest BCUT2D eigenvalue weighted by Crippen LogP contribution is -2.43. The van der Waals surface area contributed by atoms with Gasteiger partial charge in [0, 0.05) is 17.1 Å². The van der Waals surface area contributed by atoms with Crippen molar-refractivity contribution in [1.82, 2.24) is 0 Å². The van der Waals surface area contributed by atoms with Crippen LogP contribution in [0.3, 0.4) is 0 Å².